The lowest BCUT2D eigenvalue weighted by atomic mass is 9.92. The molecule has 1 aliphatic rings. The first kappa shape index (κ1) is 13.1. The third kappa shape index (κ3) is 4.18. The predicted molar refractivity (Wildman–Crippen MR) is 72.1 cm³/mol. The number of nitrogens with two attached hydrogens (primary N) is 1. The van der Waals surface area contributed by atoms with Crippen molar-refractivity contribution in [3.8, 4) is 0 Å². The average molecular weight is 249 g/mol. The van der Waals surface area contributed by atoms with Crippen LogP contribution in [0, 0.1) is 0 Å². The number of aryl methyl sites for hydroxylation is 1. The lowest BCUT2D eigenvalue weighted by Crippen LogP contribution is -2.40. The van der Waals surface area contributed by atoms with Crippen molar-refractivity contribution in [3.63, 3.8) is 0 Å². The molecule has 1 aliphatic carbocycles. The van der Waals surface area contributed by atoms with Gasteiger partial charge in [0, 0.05) is 30.9 Å². The fourth-order valence-corrected chi connectivity index (χ4v) is 2.53. The molecular formula is C14H23N3O. The highest BCUT2D eigenvalue weighted by molar-refractivity contribution is 5.76. The van der Waals surface area contributed by atoms with E-state index in [0.29, 0.717) is 18.5 Å². The largest absolute Gasteiger partial charge is 0.367 e. The number of aromatic amines is 1. The lowest BCUT2D eigenvalue weighted by Gasteiger charge is -2.26. The summed E-state index contributed by atoms with van der Waals surface area (Å²) in [6, 6.07) is 2.75. The summed E-state index contributed by atoms with van der Waals surface area (Å²) >= 11 is 0. The van der Waals surface area contributed by atoms with Gasteiger partial charge in [0.2, 0.25) is 5.91 Å². The van der Waals surface area contributed by atoms with Gasteiger partial charge < -0.3 is 16.0 Å². The van der Waals surface area contributed by atoms with Gasteiger partial charge in [-0.2, -0.15) is 0 Å². The molecular weight excluding hydrogens is 226 g/mol. The van der Waals surface area contributed by atoms with E-state index in [1.54, 1.807) is 0 Å². The number of aromatic nitrogens is 1. The topological polar surface area (TPSA) is 70.9 Å². The molecule has 18 heavy (non-hydrogen) atoms. The van der Waals surface area contributed by atoms with Crippen LogP contribution in [-0.4, -0.2) is 23.0 Å². The highest BCUT2D eigenvalue weighted by Gasteiger charge is 2.19. The van der Waals surface area contributed by atoms with Crippen molar-refractivity contribution in [1.29, 1.82) is 0 Å². The Morgan fingerprint density at radius 1 is 1.39 bits per heavy atom. The van der Waals surface area contributed by atoms with E-state index >= 15 is 0 Å². The van der Waals surface area contributed by atoms with Crippen LogP contribution in [0.2, 0.25) is 0 Å². The van der Waals surface area contributed by atoms with Crippen LogP contribution in [0.25, 0.3) is 0 Å². The molecule has 4 N–H and O–H groups in total. The summed E-state index contributed by atoms with van der Waals surface area (Å²) in [5.74, 6) is 0.186. The molecule has 1 aromatic rings. The van der Waals surface area contributed by atoms with Gasteiger partial charge in [-0.3, -0.25) is 4.79 Å². The van der Waals surface area contributed by atoms with Crippen LogP contribution in [0.5, 0.6) is 0 Å². The summed E-state index contributed by atoms with van der Waals surface area (Å²) < 4.78 is 0. The molecule has 0 saturated heterocycles. The van der Waals surface area contributed by atoms with E-state index in [9.17, 15) is 4.79 Å². The van der Waals surface area contributed by atoms with Crippen molar-refractivity contribution in [2.75, 3.05) is 0 Å². The van der Waals surface area contributed by atoms with E-state index in [1.807, 2.05) is 12.4 Å². The fraction of sp³-hybridized carbons (Fsp3) is 0.643. The minimum Gasteiger partial charge on any atom is -0.367 e. The molecule has 0 atom stereocenters. The molecule has 1 aromatic heterocycles. The second-order valence-electron chi connectivity index (χ2n) is 5.25. The molecule has 0 aliphatic heterocycles. The van der Waals surface area contributed by atoms with Crippen molar-refractivity contribution < 1.29 is 4.79 Å². The van der Waals surface area contributed by atoms with Crippen LogP contribution >= 0.6 is 0 Å². The van der Waals surface area contributed by atoms with E-state index in [2.05, 4.69) is 16.4 Å². The molecule has 4 nitrogen and oxygen atoms in total. The first-order valence-electron chi connectivity index (χ1n) is 6.90. The van der Waals surface area contributed by atoms with Gasteiger partial charge in [0.1, 0.15) is 0 Å². The number of nitrogens with one attached hydrogen (secondary N) is 2. The Morgan fingerprint density at radius 2 is 2.17 bits per heavy atom. The summed E-state index contributed by atoms with van der Waals surface area (Å²) in [7, 11) is 0. The monoisotopic (exact) mass is 249 g/mol. The Bertz CT molecular complexity index is 353. The summed E-state index contributed by atoms with van der Waals surface area (Å²) in [5.41, 5.74) is 7.12. The zero-order chi connectivity index (χ0) is 12.8. The summed E-state index contributed by atoms with van der Waals surface area (Å²) in [6.45, 7) is 0. The molecule has 1 fully saturated rings. The molecule has 0 aromatic carbocycles. The molecule has 1 heterocycles. The molecule has 1 amide bonds. The van der Waals surface area contributed by atoms with Crippen LogP contribution in [-0.2, 0) is 11.2 Å². The lowest BCUT2D eigenvalue weighted by molar-refractivity contribution is -0.122. The summed E-state index contributed by atoms with van der Waals surface area (Å²) in [5, 5.41) is 3.12. The second kappa shape index (κ2) is 6.59. The highest BCUT2D eigenvalue weighted by atomic mass is 16.1. The Hall–Kier alpha value is -1.29. The predicted octanol–water partition coefficient (Wildman–Crippen LogP) is 1.72. The third-order valence-electron chi connectivity index (χ3n) is 3.67. The number of hydrogen-bond acceptors (Lipinski definition) is 2. The van der Waals surface area contributed by atoms with Gasteiger partial charge in [-0.25, -0.2) is 0 Å². The summed E-state index contributed by atoms with van der Waals surface area (Å²) in [6.07, 6.45) is 10.5. The fourth-order valence-electron chi connectivity index (χ4n) is 2.53. The number of rotatable bonds is 5. The van der Waals surface area contributed by atoms with E-state index in [-0.39, 0.29) is 5.91 Å². The number of H-pyrrole nitrogens is 1. The second-order valence-corrected chi connectivity index (χ2v) is 5.25. The van der Waals surface area contributed by atoms with Gasteiger partial charge in [0.25, 0.3) is 0 Å². The van der Waals surface area contributed by atoms with Gasteiger partial charge >= 0.3 is 0 Å². The van der Waals surface area contributed by atoms with E-state index < -0.39 is 0 Å². The first-order chi connectivity index (χ1) is 8.74. The Balaban J connectivity index is 1.60. The van der Waals surface area contributed by atoms with Crippen LogP contribution in [0.1, 0.15) is 44.1 Å². The van der Waals surface area contributed by atoms with Crippen LogP contribution in [0.4, 0.5) is 0 Å². The maximum Gasteiger partial charge on any atom is 0.220 e. The number of carbonyl (C=O) groups excluding carboxylic acids is 1. The van der Waals surface area contributed by atoms with Gasteiger partial charge in [0.05, 0.1) is 0 Å². The molecule has 0 unspecified atom stereocenters. The van der Waals surface area contributed by atoms with E-state index in [4.69, 9.17) is 5.73 Å². The van der Waals surface area contributed by atoms with Crippen LogP contribution in [0.15, 0.2) is 18.5 Å². The van der Waals surface area contributed by atoms with Gasteiger partial charge in [-0.05, 0) is 50.2 Å². The molecule has 0 radical (unpaired) electrons. The maximum atomic E-state index is 11.8. The smallest absolute Gasteiger partial charge is 0.220 e. The van der Waals surface area contributed by atoms with E-state index in [0.717, 1.165) is 38.5 Å². The molecule has 0 spiro atoms. The molecule has 0 bridgehead atoms. The average Bonchev–Trinajstić information content (AvgIpc) is 2.85. The highest BCUT2D eigenvalue weighted by Crippen LogP contribution is 2.17. The summed E-state index contributed by atoms with van der Waals surface area (Å²) in [4.78, 5) is 14.8. The van der Waals surface area contributed by atoms with Crippen molar-refractivity contribution in [2.24, 2.45) is 5.73 Å². The zero-order valence-electron chi connectivity index (χ0n) is 10.8. The van der Waals surface area contributed by atoms with Crippen LogP contribution in [0.3, 0.4) is 0 Å². The van der Waals surface area contributed by atoms with Crippen molar-refractivity contribution >= 4 is 5.91 Å². The minimum atomic E-state index is 0.186. The standard InChI is InChI=1S/C14H23N3O/c15-12-4-6-13(7-5-12)17-14(18)3-1-2-11-8-9-16-10-11/h8-10,12-13,16H,1-7,15H2,(H,17,18). The number of carbonyl (C=O) groups is 1. The normalized spacial score (nSPS) is 23.8. The van der Waals surface area contributed by atoms with Crippen LogP contribution < -0.4 is 11.1 Å². The van der Waals surface area contributed by atoms with Crippen molar-refractivity contribution in [3.05, 3.63) is 24.0 Å². The molecule has 100 valence electrons. The Morgan fingerprint density at radius 3 is 2.83 bits per heavy atom. The Kier molecular flexibility index (Phi) is 4.81. The maximum absolute atomic E-state index is 11.8. The quantitative estimate of drug-likeness (QED) is 0.743. The minimum absolute atomic E-state index is 0.186. The zero-order valence-corrected chi connectivity index (χ0v) is 10.8. The van der Waals surface area contributed by atoms with Crippen molar-refractivity contribution in [1.82, 2.24) is 10.3 Å². The van der Waals surface area contributed by atoms with Crippen molar-refractivity contribution in [2.45, 2.75) is 57.0 Å². The SMILES string of the molecule is NC1CCC(NC(=O)CCCc2cc[nH]c2)CC1. The number of amides is 1. The number of hydrogen-bond donors (Lipinski definition) is 3. The first-order valence-corrected chi connectivity index (χ1v) is 6.90. The Labute approximate surface area is 108 Å². The molecule has 4 heteroatoms. The third-order valence-corrected chi connectivity index (χ3v) is 3.67. The molecule has 2 rings (SSSR count). The van der Waals surface area contributed by atoms with Gasteiger partial charge in [-0.15, -0.1) is 0 Å². The van der Waals surface area contributed by atoms with Gasteiger partial charge in [0.15, 0.2) is 0 Å². The van der Waals surface area contributed by atoms with Gasteiger partial charge in [-0.1, -0.05) is 0 Å². The molecule has 1 saturated carbocycles. The van der Waals surface area contributed by atoms with E-state index in [1.165, 1.54) is 5.56 Å².